The second-order valence-corrected chi connectivity index (χ2v) is 8.10. The largest absolute Gasteiger partial charge is 0.488 e. The number of carbonyl (C=O) groups is 1. The van der Waals surface area contributed by atoms with Crippen LogP contribution in [0.1, 0.15) is 41.3 Å². The van der Waals surface area contributed by atoms with Crippen molar-refractivity contribution < 1.29 is 9.53 Å². The Hall–Kier alpha value is -2.15. The molecule has 1 heterocycles. The maximum atomic E-state index is 12.6. The van der Waals surface area contributed by atoms with E-state index < -0.39 is 0 Å². The maximum absolute atomic E-state index is 12.6. The van der Waals surface area contributed by atoms with Gasteiger partial charge in [0.15, 0.2) is 0 Å². The van der Waals surface area contributed by atoms with Crippen LogP contribution in [0.4, 0.5) is 4.79 Å². The molecule has 3 rings (SSSR count). The van der Waals surface area contributed by atoms with Crippen molar-refractivity contribution >= 4 is 17.4 Å². The lowest BCUT2D eigenvalue weighted by atomic mass is 9.92. The van der Waals surface area contributed by atoms with Crippen molar-refractivity contribution in [2.24, 2.45) is 0 Å². The van der Waals surface area contributed by atoms with Gasteiger partial charge in [0, 0.05) is 7.05 Å². The number of rotatable bonds is 5. The van der Waals surface area contributed by atoms with Crippen molar-refractivity contribution in [3.05, 3.63) is 39.8 Å². The van der Waals surface area contributed by atoms with Gasteiger partial charge in [-0.2, -0.15) is 0 Å². The molecule has 1 aromatic carbocycles. The van der Waals surface area contributed by atoms with Crippen LogP contribution in [-0.2, 0) is 6.54 Å². The molecule has 1 aromatic heterocycles. The Labute approximate surface area is 158 Å². The van der Waals surface area contributed by atoms with Crippen LogP contribution in [0.2, 0.25) is 0 Å². The zero-order valence-electron chi connectivity index (χ0n) is 15.6. The second kappa shape index (κ2) is 8.49. The highest BCUT2D eigenvalue weighted by Crippen LogP contribution is 2.26. The molecule has 1 N–H and O–H groups in total. The van der Waals surface area contributed by atoms with Gasteiger partial charge in [-0.05, 0) is 44.7 Å². The number of urea groups is 1. The molecule has 7 heteroatoms. The van der Waals surface area contributed by atoms with Gasteiger partial charge in [-0.1, -0.05) is 36.0 Å². The molecular formula is C19H26N4O2S. The Morgan fingerprint density at radius 1 is 1.27 bits per heavy atom. The van der Waals surface area contributed by atoms with Crippen LogP contribution in [0.3, 0.4) is 0 Å². The summed E-state index contributed by atoms with van der Waals surface area (Å²) in [5, 5.41) is 13.0. The van der Waals surface area contributed by atoms with Crippen molar-refractivity contribution in [1.29, 1.82) is 0 Å². The predicted octanol–water partition coefficient (Wildman–Crippen LogP) is 3.69. The zero-order chi connectivity index (χ0) is 18.5. The smallest absolute Gasteiger partial charge is 0.317 e. The van der Waals surface area contributed by atoms with Gasteiger partial charge >= 0.3 is 6.03 Å². The molecule has 26 heavy (non-hydrogen) atoms. The van der Waals surface area contributed by atoms with Gasteiger partial charge in [0.25, 0.3) is 0 Å². The Morgan fingerprint density at radius 2 is 2.04 bits per heavy atom. The topological polar surface area (TPSA) is 67.4 Å². The number of aromatic nitrogens is 2. The van der Waals surface area contributed by atoms with Crippen LogP contribution in [0.15, 0.2) is 24.3 Å². The van der Waals surface area contributed by atoms with E-state index in [9.17, 15) is 4.79 Å². The predicted molar refractivity (Wildman–Crippen MR) is 102 cm³/mol. The number of nitrogens with one attached hydrogen (secondary N) is 1. The van der Waals surface area contributed by atoms with Gasteiger partial charge in [0.2, 0.25) is 0 Å². The number of para-hydroxylation sites is 1. The Balaban J connectivity index is 1.60. The molecule has 0 spiro atoms. The summed E-state index contributed by atoms with van der Waals surface area (Å²) in [7, 11) is 1.78. The fourth-order valence-electron chi connectivity index (χ4n) is 3.20. The fraction of sp³-hybridized carbons (Fsp3) is 0.526. The van der Waals surface area contributed by atoms with Crippen molar-refractivity contribution in [3.63, 3.8) is 0 Å². The van der Waals surface area contributed by atoms with E-state index in [-0.39, 0.29) is 18.2 Å². The van der Waals surface area contributed by atoms with Crippen molar-refractivity contribution in [2.45, 2.75) is 58.2 Å². The summed E-state index contributed by atoms with van der Waals surface area (Å²) in [5.74, 6) is 0.899. The molecule has 2 unspecified atom stereocenters. The third kappa shape index (κ3) is 4.72. The minimum Gasteiger partial charge on any atom is -0.488 e. The van der Waals surface area contributed by atoms with Crippen LogP contribution >= 0.6 is 11.3 Å². The lowest BCUT2D eigenvalue weighted by molar-refractivity contribution is 0.111. The number of hydrogen-bond acceptors (Lipinski definition) is 5. The van der Waals surface area contributed by atoms with Gasteiger partial charge < -0.3 is 15.0 Å². The van der Waals surface area contributed by atoms with E-state index in [1.54, 1.807) is 11.9 Å². The van der Waals surface area contributed by atoms with E-state index in [2.05, 4.69) is 15.5 Å². The molecule has 2 atom stereocenters. The summed E-state index contributed by atoms with van der Waals surface area (Å²) >= 11 is 1.51. The molecule has 2 aromatic rings. The average Bonchev–Trinajstić information content (AvgIpc) is 3.03. The van der Waals surface area contributed by atoms with Crippen LogP contribution < -0.4 is 10.1 Å². The molecule has 1 saturated carbocycles. The molecule has 1 aliphatic rings. The summed E-state index contributed by atoms with van der Waals surface area (Å²) in [6.07, 6.45) is 4.14. The zero-order valence-corrected chi connectivity index (χ0v) is 16.4. The van der Waals surface area contributed by atoms with Crippen LogP contribution in [0, 0.1) is 13.8 Å². The lowest BCUT2D eigenvalue weighted by Gasteiger charge is -2.33. The number of carbonyl (C=O) groups excluding carboxylic acids is 1. The number of aryl methyl sites for hydroxylation is 2. The molecule has 2 amide bonds. The Kier molecular flexibility index (Phi) is 6.08. The molecule has 0 saturated heterocycles. The quantitative estimate of drug-likeness (QED) is 0.867. The summed E-state index contributed by atoms with van der Waals surface area (Å²) in [6.45, 7) is 4.42. The SMILES string of the molecule is Cc1nnc(CN(C)C(=O)NC2CCCCC2Oc2ccccc2C)s1. The van der Waals surface area contributed by atoms with Gasteiger partial charge in [0.1, 0.15) is 21.9 Å². The number of ether oxygens (including phenoxy) is 1. The highest BCUT2D eigenvalue weighted by atomic mass is 32.1. The minimum absolute atomic E-state index is 0.00553. The first-order chi connectivity index (χ1) is 12.5. The summed E-state index contributed by atoms with van der Waals surface area (Å²) in [6, 6.07) is 7.96. The highest BCUT2D eigenvalue weighted by molar-refractivity contribution is 7.11. The standard InChI is InChI=1S/C19H26N4O2S/c1-13-8-4-6-10-16(13)25-17-11-7-5-9-15(17)20-19(24)23(3)12-18-22-21-14(2)26-18/h4,6,8,10,15,17H,5,7,9,11-12H2,1-3H3,(H,20,24). The molecule has 6 nitrogen and oxygen atoms in total. The summed E-state index contributed by atoms with van der Waals surface area (Å²) < 4.78 is 6.25. The Morgan fingerprint density at radius 3 is 2.77 bits per heavy atom. The fourth-order valence-corrected chi connectivity index (χ4v) is 3.96. The number of benzene rings is 1. The number of hydrogen-bond donors (Lipinski definition) is 1. The molecular weight excluding hydrogens is 348 g/mol. The number of amides is 2. The first-order valence-corrected chi connectivity index (χ1v) is 9.87. The van der Waals surface area contributed by atoms with E-state index >= 15 is 0 Å². The van der Waals surface area contributed by atoms with Gasteiger partial charge in [-0.3, -0.25) is 0 Å². The molecule has 0 radical (unpaired) electrons. The van der Waals surface area contributed by atoms with Crippen LogP contribution in [0.25, 0.3) is 0 Å². The molecule has 0 aliphatic heterocycles. The molecule has 1 aliphatic carbocycles. The van der Waals surface area contributed by atoms with Crippen molar-refractivity contribution in [3.8, 4) is 5.75 Å². The lowest BCUT2D eigenvalue weighted by Crippen LogP contribution is -2.51. The normalized spacial score (nSPS) is 19.8. The second-order valence-electron chi connectivity index (χ2n) is 6.83. The van der Waals surface area contributed by atoms with E-state index in [0.29, 0.717) is 6.54 Å². The number of nitrogens with zero attached hydrogens (tertiary/aromatic N) is 3. The summed E-state index contributed by atoms with van der Waals surface area (Å²) in [4.78, 5) is 14.3. The first kappa shape index (κ1) is 18.6. The minimum atomic E-state index is -0.0943. The van der Waals surface area contributed by atoms with E-state index in [0.717, 1.165) is 47.0 Å². The third-order valence-corrected chi connectivity index (χ3v) is 5.49. The van der Waals surface area contributed by atoms with E-state index in [4.69, 9.17) is 4.74 Å². The summed E-state index contributed by atoms with van der Waals surface area (Å²) in [5.41, 5.74) is 1.12. The van der Waals surface area contributed by atoms with Crippen molar-refractivity contribution in [2.75, 3.05) is 7.05 Å². The van der Waals surface area contributed by atoms with E-state index in [1.165, 1.54) is 11.3 Å². The molecule has 140 valence electrons. The molecule has 0 bridgehead atoms. The van der Waals surface area contributed by atoms with E-state index in [1.807, 2.05) is 38.1 Å². The van der Waals surface area contributed by atoms with Gasteiger partial charge in [-0.25, -0.2) is 4.79 Å². The van der Waals surface area contributed by atoms with Crippen molar-refractivity contribution in [1.82, 2.24) is 20.4 Å². The average molecular weight is 375 g/mol. The third-order valence-electron chi connectivity index (χ3n) is 4.67. The highest BCUT2D eigenvalue weighted by Gasteiger charge is 2.29. The van der Waals surface area contributed by atoms with Gasteiger partial charge in [-0.15, -0.1) is 10.2 Å². The van der Waals surface area contributed by atoms with Crippen LogP contribution in [-0.4, -0.2) is 40.3 Å². The first-order valence-electron chi connectivity index (χ1n) is 9.06. The Bertz CT molecular complexity index is 749. The maximum Gasteiger partial charge on any atom is 0.317 e. The van der Waals surface area contributed by atoms with Crippen LogP contribution in [0.5, 0.6) is 5.75 Å². The van der Waals surface area contributed by atoms with Gasteiger partial charge in [0.05, 0.1) is 12.6 Å². The molecule has 1 fully saturated rings. The monoisotopic (exact) mass is 374 g/mol.